The molecule has 5 nitrogen and oxygen atoms in total. The van der Waals surface area contributed by atoms with Crippen molar-refractivity contribution in [2.24, 2.45) is 0 Å². The molecule has 1 N–H and O–H groups in total. The van der Waals surface area contributed by atoms with Gasteiger partial charge < -0.3 is 9.84 Å². The molecule has 3 aliphatic rings. The summed E-state index contributed by atoms with van der Waals surface area (Å²) < 4.78 is 35.9. The number of rotatable bonds is 6. The molecule has 1 aromatic heterocycles. The second-order valence-electron chi connectivity index (χ2n) is 10.9. The number of alkyl halides is 2. The fourth-order valence-electron chi connectivity index (χ4n) is 6.69. The van der Waals surface area contributed by atoms with Gasteiger partial charge in [0, 0.05) is 44.3 Å². The van der Waals surface area contributed by atoms with Gasteiger partial charge in [0.15, 0.2) is 0 Å². The summed E-state index contributed by atoms with van der Waals surface area (Å²) >= 11 is 0. The van der Waals surface area contributed by atoms with E-state index in [-0.39, 0.29) is 12.6 Å². The van der Waals surface area contributed by atoms with E-state index in [0.717, 1.165) is 65.1 Å². The van der Waals surface area contributed by atoms with Crippen molar-refractivity contribution < 1.29 is 18.6 Å². The monoisotopic (exact) mass is 527 g/mol. The smallest absolute Gasteiger partial charge is 0.263 e. The van der Waals surface area contributed by atoms with Gasteiger partial charge in [0.1, 0.15) is 18.5 Å². The van der Waals surface area contributed by atoms with E-state index < -0.39 is 23.9 Å². The van der Waals surface area contributed by atoms with Crippen LogP contribution < -0.4 is 4.74 Å². The molecule has 0 bridgehead atoms. The predicted octanol–water partition coefficient (Wildman–Crippen LogP) is 5.21. The quantitative estimate of drug-likeness (QED) is 0.373. The Bertz CT molecular complexity index is 1440. The van der Waals surface area contributed by atoms with Gasteiger partial charge in [-0.15, -0.1) is 0 Å². The molecule has 2 fully saturated rings. The fourth-order valence-corrected chi connectivity index (χ4v) is 6.69. The first-order valence-electron chi connectivity index (χ1n) is 13.7. The second-order valence-corrected chi connectivity index (χ2v) is 10.9. The van der Waals surface area contributed by atoms with E-state index >= 15 is 0 Å². The molecule has 2 aliphatic carbocycles. The van der Waals surface area contributed by atoms with Crippen LogP contribution in [0.25, 0.3) is 10.9 Å². The molecule has 3 atom stereocenters. The van der Waals surface area contributed by atoms with Crippen molar-refractivity contribution in [1.82, 2.24) is 14.8 Å². The molecule has 1 saturated carbocycles. The average Bonchev–Trinajstić information content (AvgIpc) is 3.58. The van der Waals surface area contributed by atoms with Gasteiger partial charge in [0.25, 0.3) is 5.92 Å². The van der Waals surface area contributed by atoms with Crippen LogP contribution in [0.1, 0.15) is 40.1 Å². The number of aromatic nitrogens is 1. The summed E-state index contributed by atoms with van der Waals surface area (Å²) in [5.41, 5.74) is 4.44. The minimum absolute atomic E-state index is 0.0450. The summed E-state index contributed by atoms with van der Waals surface area (Å²) in [4.78, 5) is 9.04. The summed E-state index contributed by atoms with van der Waals surface area (Å²) in [6, 6.07) is 25.1. The normalized spacial score (nSPS) is 24.7. The number of pyridine rings is 1. The van der Waals surface area contributed by atoms with Crippen molar-refractivity contribution >= 4 is 10.9 Å². The van der Waals surface area contributed by atoms with Crippen molar-refractivity contribution in [3.05, 3.63) is 107 Å². The van der Waals surface area contributed by atoms with Gasteiger partial charge >= 0.3 is 0 Å². The lowest BCUT2D eigenvalue weighted by Crippen LogP contribution is -2.50. The zero-order valence-corrected chi connectivity index (χ0v) is 21.6. The fraction of sp³-hybridized carbons (Fsp3) is 0.344. The first-order valence-corrected chi connectivity index (χ1v) is 13.7. The Hall–Kier alpha value is -3.39. The maximum absolute atomic E-state index is 15.0. The summed E-state index contributed by atoms with van der Waals surface area (Å²) in [7, 11) is 0. The summed E-state index contributed by atoms with van der Waals surface area (Å²) in [6.45, 7) is 3.89. The van der Waals surface area contributed by atoms with Gasteiger partial charge in [-0.1, -0.05) is 54.6 Å². The van der Waals surface area contributed by atoms with Gasteiger partial charge in [-0.2, -0.15) is 0 Å². The highest BCUT2D eigenvalue weighted by atomic mass is 19.3. The molecule has 2 heterocycles. The van der Waals surface area contributed by atoms with Crippen LogP contribution in [-0.4, -0.2) is 71.2 Å². The Balaban J connectivity index is 1.04. The van der Waals surface area contributed by atoms with Crippen LogP contribution in [-0.2, 0) is 0 Å². The van der Waals surface area contributed by atoms with Gasteiger partial charge in [-0.05, 0) is 46.5 Å². The van der Waals surface area contributed by atoms with E-state index in [1.807, 2.05) is 78.9 Å². The van der Waals surface area contributed by atoms with Crippen molar-refractivity contribution in [2.75, 3.05) is 39.3 Å². The molecule has 3 aromatic carbocycles. The molecule has 1 aliphatic heterocycles. The number of nitrogens with zero attached hydrogens (tertiary/aromatic N) is 3. The second kappa shape index (κ2) is 9.66. The molecule has 0 radical (unpaired) electrons. The Labute approximate surface area is 226 Å². The van der Waals surface area contributed by atoms with Crippen LogP contribution in [0.15, 0.2) is 85.1 Å². The number of aliphatic hydroxyl groups excluding tert-OH is 1. The lowest BCUT2D eigenvalue weighted by atomic mass is 9.90. The lowest BCUT2D eigenvalue weighted by molar-refractivity contribution is 0.0400. The Morgan fingerprint density at radius 3 is 2.13 bits per heavy atom. The molecule has 7 heteroatoms. The first-order chi connectivity index (χ1) is 19.0. The minimum atomic E-state index is -2.70. The van der Waals surface area contributed by atoms with Crippen molar-refractivity contribution in [2.45, 2.75) is 29.9 Å². The molecular weight excluding hydrogens is 496 g/mol. The van der Waals surface area contributed by atoms with Crippen LogP contribution in [0.3, 0.4) is 0 Å². The number of fused-ring (bicyclic) bond motifs is 6. The Morgan fingerprint density at radius 2 is 1.46 bits per heavy atom. The van der Waals surface area contributed by atoms with Crippen LogP contribution in [0.5, 0.6) is 5.75 Å². The van der Waals surface area contributed by atoms with Gasteiger partial charge in [-0.3, -0.25) is 14.8 Å². The number of benzene rings is 3. The van der Waals surface area contributed by atoms with E-state index in [9.17, 15) is 13.9 Å². The summed E-state index contributed by atoms with van der Waals surface area (Å²) in [5, 5.41) is 11.7. The maximum Gasteiger partial charge on any atom is 0.263 e. The molecule has 4 aromatic rings. The number of aliphatic hydroxyl groups is 1. The van der Waals surface area contributed by atoms with E-state index in [2.05, 4.69) is 14.8 Å². The van der Waals surface area contributed by atoms with E-state index in [1.165, 1.54) is 0 Å². The van der Waals surface area contributed by atoms with Gasteiger partial charge in [0.05, 0.1) is 23.4 Å². The highest BCUT2D eigenvalue weighted by molar-refractivity contribution is 5.84. The zero-order chi connectivity index (χ0) is 26.6. The third-order valence-corrected chi connectivity index (χ3v) is 8.58. The number of ether oxygens (including phenoxy) is 1. The largest absolute Gasteiger partial charge is 0.490 e. The highest BCUT2D eigenvalue weighted by Gasteiger charge is 2.71. The van der Waals surface area contributed by atoms with E-state index in [1.54, 1.807) is 6.20 Å². The predicted molar refractivity (Wildman–Crippen MR) is 146 cm³/mol. The van der Waals surface area contributed by atoms with Crippen LogP contribution in [0.2, 0.25) is 0 Å². The number of hydrogen-bond donors (Lipinski definition) is 1. The maximum atomic E-state index is 15.0. The highest BCUT2D eigenvalue weighted by Crippen LogP contribution is 2.70. The average molecular weight is 528 g/mol. The number of piperazine rings is 1. The topological polar surface area (TPSA) is 48.8 Å². The Morgan fingerprint density at radius 1 is 0.821 bits per heavy atom. The van der Waals surface area contributed by atoms with Crippen molar-refractivity contribution in [3.8, 4) is 5.75 Å². The summed E-state index contributed by atoms with van der Waals surface area (Å²) in [6.07, 6.45) is 1.13. The van der Waals surface area contributed by atoms with E-state index in [0.29, 0.717) is 6.54 Å². The molecule has 1 saturated heterocycles. The third kappa shape index (κ3) is 4.29. The van der Waals surface area contributed by atoms with Crippen LogP contribution in [0, 0.1) is 0 Å². The SMILES string of the molecule is O[C@@H](COc1cccc2ncccc12)CN1CCN(C2c3ccccc3C3C(c4ccccc42)C3(F)F)CC1. The van der Waals surface area contributed by atoms with Gasteiger partial charge in [0.2, 0.25) is 0 Å². The first kappa shape index (κ1) is 24.6. The molecule has 7 rings (SSSR count). The molecule has 0 amide bonds. The van der Waals surface area contributed by atoms with Crippen molar-refractivity contribution in [1.29, 1.82) is 0 Å². The standard InChI is InChI=1S/C32H31F2N3O2/c33-32(34)29-22-7-1-3-9-24(22)31(25-10-4-2-8-23(25)30(29)32)37-17-15-36(16-18-37)19-21(38)20-39-28-13-5-12-27-26(28)11-6-14-35-27/h1-14,21,29-31,38H,15-20H2/t21-,29?,30?,31?/m1/s1. The molecule has 0 spiro atoms. The van der Waals surface area contributed by atoms with Crippen LogP contribution in [0.4, 0.5) is 8.78 Å². The lowest BCUT2D eigenvalue weighted by Gasteiger charge is -2.41. The van der Waals surface area contributed by atoms with E-state index in [4.69, 9.17) is 4.74 Å². The number of β-amino-alcohol motifs (C(OH)–C–C–N with tert-alkyl or cyclic N) is 1. The van der Waals surface area contributed by atoms with Crippen LogP contribution >= 0.6 is 0 Å². The number of hydrogen-bond acceptors (Lipinski definition) is 5. The Kier molecular flexibility index (Phi) is 6.10. The molecule has 2 unspecified atom stereocenters. The molecular formula is C32H31F2N3O2. The molecule has 39 heavy (non-hydrogen) atoms. The number of halogens is 2. The zero-order valence-electron chi connectivity index (χ0n) is 21.6. The third-order valence-electron chi connectivity index (χ3n) is 8.58. The minimum Gasteiger partial charge on any atom is -0.490 e. The molecule has 200 valence electrons. The van der Waals surface area contributed by atoms with Gasteiger partial charge in [-0.25, -0.2) is 8.78 Å². The van der Waals surface area contributed by atoms with Crippen molar-refractivity contribution in [3.63, 3.8) is 0 Å². The summed E-state index contributed by atoms with van der Waals surface area (Å²) in [5.74, 6) is -3.46.